The molecule has 1 heterocycles. The minimum Gasteiger partial charge on any atom is -0.259 e. The number of halogens is 2. The second kappa shape index (κ2) is 4.67. The average Bonchev–Trinajstić information content (AvgIpc) is 2.47. The summed E-state index contributed by atoms with van der Waals surface area (Å²) in [6, 6.07) is 8.39. The molecule has 0 radical (unpaired) electrons. The zero-order valence-electron chi connectivity index (χ0n) is 10.1. The maximum atomic E-state index is 6.09. The van der Waals surface area contributed by atoms with E-state index in [1.807, 2.05) is 12.3 Å². The van der Waals surface area contributed by atoms with E-state index in [1.165, 1.54) is 22.4 Å². The third kappa shape index (κ3) is 2.08. The van der Waals surface area contributed by atoms with Gasteiger partial charge in [0.2, 0.25) is 0 Å². The molecule has 0 aliphatic heterocycles. The van der Waals surface area contributed by atoms with Gasteiger partial charge in [-0.2, -0.15) is 0 Å². The molecule has 0 fully saturated rings. The van der Waals surface area contributed by atoms with Gasteiger partial charge in [0.15, 0.2) is 0 Å². The molecular weight excluding hydrogens is 310 g/mol. The van der Waals surface area contributed by atoms with E-state index in [-0.39, 0.29) is 0 Å². The first-order chi connectivity index (χ1) is 8.65. The molecule has 0 amide bonds. The highest BCUT2D eigenvalue weighted by Crippen LogP contribution is 2.34. The summed E-state index contributed by atoms with van der Waals surface area (Å²) in [6.45, 7) is 2.22. The summed E-state index contributed by atoms with van der Waals surface area (Å²) in [7, 11) is 0. The third-order valence-electron chi connectivity index (χ3n) is 3.61. The predicted molar refractivity (Wildman–Crippen MR) is 78.3 cm³/mol. The van der Waals surface area contributed by atoms with Crippen LogP contribution in [0.1, 0.15) is 35.2 Å². The second-order valence-corrected chi connectivity index (χ2v) is 6.11. The number of aromatic nitrogens is 1. The Morgan fingerprint density at radius 2 is 2.00 bits per heavy atom. The molecule has 0 bridgehead atoms. The van der Waals surface area contributed by atoms with Crippen LogP contribution in [0.3, 0.4) is 0 Å². The van der Waals surface area contributed by atoms with Crippen LogP contribution in [0.4, 0.5) is 0 Å². The molecule has 0 N–H and O–H groups in total. The van der Waals surface area contributed by atoms with E-state index < -0.39 is 0 Å². The van der Waals surface area contributed by atoms with E-state index in [0.717, 1.165) is 22.3 Å². The fourth-order valence-electron chi connectivity index (χ4n) is 2.71. The maximum Gasteiger partial charge on any atom is 0.0508 e. The monoisotopic (exact) mass is 321 g/mol. The molecule has 3 rings (SSSR count). The summed E-state index contributed by atoms with van der Waals surface area (Å²) in [5.41, 5.74) is 5.24. The van der Waals surface area contributed by atoms with Crippen molar-refractivity contribution in [3.8, 4) is 0 Å². The minimum atomic E-state index is 0.336. The van der Waals surface area contributed by atoms with E-state index in [1.54, 1.807) is 0 Å². The number of aryl methyl sites for hydroxylation is 2. The first kappa shape index (κ1) is 12.2. The summed E-state index contributed by atoms with van der Waals surface area (Å²) in [4.78, 5) is 4.60. The van der Waals surface area contributed by atoms with Crippen molar-refractivity contribution >= 4 is 27.5 Å². The molecule has 18 heavy (non-hydrogen) atoms. The highest BCUT2D eigenvalue weighted by Gasteiger charge is 2.21. The normalized spacial score (nSPS) is 17.8. The highest BCUT2D eigenvalue weighted by atomic mass is 79.9. The number of hydrogen-bond acceptors (Lipinski definition) is 1. The summed E-state index contributed by atoms with van der Waals surface area (Å²) in [6.07, 6.45) is 3.95. The lowest BCUT2D eigenvalue weighted by molar-refractivity contribution is 0.858. The first-order valence-electron chi connectivity index (χ1n) is 6.08. The van der Waals surface area contributed by atoms with Gasteiger partial charge >= 0.3 is 0 Å². The van der Waals surface area contributed by atoms with E-state index in [0.29, 0.717) is 5.92 Å². The van der Waals surface area contributed by atoms with Crippen LogP contribution in [0.25, 0.3) is 0 Å². The molecule has 1 nitrogen and oxygen atoms in total. The molecule has 1 aromatic heterocycles. The Hall–Kier alpha value is -0.860. The lowest BCUT2D eigenvalue weighted by atomic mass is 9.93. The van der Waals surface area contributed by atoms with Crippen molar-refractivity contribution in [1.82, 2.24) is 4.98 Å². The van der Waals surface area contributed by atoms with Crippen LogP contribution >= 0.6 is 27.5 Å². The third-order valence-corrected chi connectivity index (χ3v) is 4.28. The number of fused-ring (bicyclic) bond motifs is 2. The SMILES string of the molecule is CC1c2ccc(Cl)cc2CCc2cc(Br)cnc21. The summed E-state index contributed by atoms with van der Waals surface area (Å²) in [5.74, 6) is 0.336. The molecule has 1 aromatic carbocycles. The Kier molecular flexibility index (Phi) is 3.16. The molecule has 3 heteroatoms. The minimum absolute atomic E-state index is 0.336. The molecule has 1 aliphatic rings. The standard InChI is InChI=1S/C15H13BrClN/c1-9-14-5-4-13(17)7-10(14)2-3-11-6-12(16)8-18-15(9)11/h4-9H,2-3H2,1H3. The molecule has 1 aliphatic carbocycles. The topological polar surface area (TPSA) is 12.9 Å². The molecule has 1 unspecified atom stereocenters. The molecule has 0 saturated carbocycles. The van der Waals surface area contributed by atoms with Crippen molar-refractivity contribution in [1.29, 1.82) is 0 Å². The van der Waals surface area contributed by atoms with Crippen molar-refractivity contribution in [2.45, 2.75) is 25.7 Å². The van der Waals surface area contributed by atoms with Gasteiger partial charge in [-0.1, -0.05) is 24.6 Å². The highest BCUT2D eigenvalue weighted by molar-refractivity contribution is 9.10. The number of rotatable bonds is 0. The van der Waals surface area contributed by atoms with Crippen LogP contribution in [0.15, 0.2) is 34.9 Å². The van der Waals surface area contributed by atoms with Crippen LogP contribution in [-0.2, 0) is 12.8 Å². The number of pyridine rings is 1. The quantitative estimate of drug-likeness (QED) is 0.682. The van der Waals surface area contributed by atoms with Crippen LogP contribution in [0.5, 0.6) is 0 Å². The van der Waals surface area contributed by atoms with E-state index >= 15 is 0 Å². The lowest BCUT2D eigenvalue weighted by Crippen LogP contribution is -2.02. The molecule has 1 atom stereocenters. The van der Waals surface area contributed by atoms with Gasteiger partial charge in [-0.25, -0.2) is 0 Å². The zero-order valence-corrected chi connectivity index (χ0v) is 12.4. The van der Waals surface area contributed by atoms with E-state index in [9.17, 15) is 0 Å². The van der Waals surface area contributed by atoms with Gasteiger partial charge < -0.3 is 0 Å². The van der Waals surface area contributed by atoms with Crippen molar-refractivity contribution in [2.75, 3.05) is 0 Å². The predicted octanol–water partition coefficient (Wildman–Crippen LogP) is 4.75. The van der Waals surface area contributed by atoms with Gasteiger partial charge in [0.1, 0.15) is 0 Å². The zero-order chi connectivity index (χ0) is 12.7. The van der Waals surface area contributed by atoms with Crippen LogP contribution < -0.4 is 0 Å². The number of nitrogens with zero attached hydrogens (tertiary/aromatic N) is 1. The maximum absolute atomic E-state index is 6.09. The lowest BCUT2D eigenvalue weighted by Gasteiger charge is -2.14. The summed E-state index contributed by atoms with van der Waals surface area (Å²) >= 11 is 9.59. The van der Waals surface area contributed by atoms with E-state index in [4.69, 9.17) is 11.6 Å². The molecule has 2 aromatic rings. The largest absolute Gasteiger partial charge is 0.259 e. The van der Waals surface area contributed by atoms with Crippen molar-refractivity contribution in [3.05, 3.63) is 62.3 Å². The van der Waals surface area contributed by atoms with Gasteiger partial charge in [0.05, 0.1) is 5.69 Å². The summed E-state index contributed by atoms with van der Waals surface area (Å²) < 4.78 is 1.05. The van der Waals surface area contributed by atoms with Crippen LogP contribution in [0.2, 0.25) is 5.02 Å². The Balaban J connectivity index is 2.15. The molecule has 0 saturated heterocycles. The van der Waals surface area contributed by atoms with Crippen LogP contribution in [-0.4, -0.2) is 4.98 Å². The van der Waals surface area contributed by atoms with Crippen LogP contribution in [0, 0.1) is 0 Å². The van der Waals surface area contributed by atoms with Gasteiger partial charge in [0.25, 0.3) is 0 Å². The Morgan fingerprint density at radius 1 is 1.22 bits per heavy atom. The van der Waals surface area contributed by atoms with Crippen molar-refractivity contribution in [3.63, 3.8) is 0 Å². The average molecular weight is 323 g/mol. The van der Waals surface area contributed by atoms with Crippen molar-refractivity contribution in [2.24, 2.45) is 0 Å². The smallest absolute Gasteiger partial charge is 0.0508 e. The first-order valence-corrected chi connectivity index (χ1v) is 7.25. The molecular formula is C15H13BrClN. The molecule has 0 spiro atoms. The molecule has 92 valence electrons. The fourth-order valence-corrected chi connectivity index (χ4v) is 3.29. The Morgan fingerprint density at radius 3 is 2.83 bits per heavy atom. The second-order valence-electron chi connectivity index (χ2n) is 4.76. The summed E-state index contributed by atoms with van der Waals surface area (Å²) in [5, 5.41) is 0.820. The van der Waals surface area contributed by atoms with Gasteiger partial charge in [-0.15, -0.1) is 0 Å². The van der Waals surface area contributed by atoms with Crippen molar-refractivity contribution < 1.29 is 0 Å². The van der Waals surface area contributed by atoms with Gasteiger partial charge in [0, 0.05) is 21.6 Å². The Bertz CT molecular complexity index is 556. The fraction of sp³-hybridized carbons (Fsp3) is 0.267. The Labute approximate surface area is 120 Å². The number of benzene rings is 1. The number of hydrogen-bond donors (Lipinski definition) is 0. The van der Waals surface area contributed by atoms with Gasteiger partial charge in [-0.05, 0) is 63.7 Å². The van der Waals surface area contributed by atoms with Gasteiger partial charge in [-0.3, -0.25) is 4.98 Å². The van der Waals surface area contributed by atoms with E-state index in [2.05, 4.69) is 46.0 Å².